The van der Waals surface area contributed by atoms with Crippen molar-refractivity contribution in [3.63, 3.8) is 0 Å². The van der Waals surface area contributed by atoms with Crippen LogP contribution >= 0.6 is 67.8 Å². The Morgan fingerprint density at radius 3 is 2.07 bits per heavy atom. The van der Waals surface area contributed by atoms with Gasteiger partial charge in [0.25, 0.3) is -0.379 Å². The van der Waals surface area contributed by atoms with Crippen molar-refractivity contribution in [2.75, 3.05) is 0 Å². The minimum atomic E-state index is -0.929. The van der Waals surface area contributed by atoms with Gasteiger partial charge in [-0.15, -0.1) is 0 Å². The van der Waals surface area contributed by atoms with E-state index in [4.69, 9.17) is 9.84 Å². The van der Waals surface area contributed by atoms with Crippen LogP contribution in [0.5, 0.6) is 5.75 Å². The Balaban J connectivity index is 2.79. The number of ether oxygens (including phenoxy) is 1. The highest BCUT2D eigenvalue weighted by atomic mass is 127. The van der Waals surface area contributed by atoms with E-state index in [0.29, 0.717) is 5.75 Å². The summed E-state index contributed by atoms with van der Waals surface area (Å²) in [6.45, 7) is 0. The molecule has 0 amide bonds. The molecule has 0 fully saturated rings. The molecule has 0 radical (unpaired) electrons. The number of carboxylic acids is 1. The van der Waals surface area contributed by atoms with Crippen LogP contribution in [0.25, 0.3) is 0 Å². The van der Waals surface area contributed by atoms with Crippen LogP contribution in [0.2, 0.25) is 0 Å². The summed E-state index contributed by atoms with van der Waals surface area (Å²) in [5.74, 6) is -0.269. The Labute approximate surface area is 122 Å². The van der Waals surface area contributed by atoms with E-state index >= 15 is 0 Å². The molecule has 0 heterocycles. The molecule has 0 unspecified atom stereocenters. The molecule has 0 atom stereocenters. The lowest BCUT2D eigenvalue weighted by Crippen LogP contribution is -2.09. The van der Waals surface area contributed by atoms with Gasteiger partial charge in [-0.1, -0.05) is 0 Å². The van der Waals surface area contributed by atoms with Crippen LogP contribution in [-0.2, 0) is 0 Å². The van der Waals surface area contributed by atoms with Crippen LogP contribution in [0, 0.1) is 0 Å². The molecule has 1 aromatic carbocycles. The van der Waals surface area contributed by atoms with Crippen LogP contribution in [0.4, 0.5) is 0 Å². The third kappa shape index (κ3) is 4.47. The third-order valence-corrected chi connectivity index (χ3v) is 2.00. The molecule has 3 nitrogen and oxygen atoms in total. The van der Waals surface area contributed by atoms with Crippen molar-refractivity contribution >= 4 is 73.7 Å². The van der Waals surface area contributed by atoms with Gasteiger partial charge < -0.3 is 9.84 Å². The lowest BCUT2D eigenvalue weighted by atomic mass is 10.2. The molecule has 0 spiro atoms. The lowest BCUT2D eigenvalue weighted by molar-refractivity contribution is 0.0697. The summed E-state index contributed by atoms with van der Waals surface area (Å²) in [4.78, 5) is 10.6. The number of hydrogen-bond acceptors (Lipinski definition) is 2. The maximum atomic E-state index is 10.6. The predicted molar refractivity (Wildman–Crippen MR) is 78.8 cm³/mol. The number of rotatable bonds is 3. The second-order valence-corrected chi connectivity index (χ2v) is 13.1. The minimum absolute atomic E-state index is 0.262. The van der Waals surface area contributed by atoms with Gasteiger partial charge in [0.2, 0.25) is 0 Å². The van der Waals surface area contributed by atoms with Crippen molar-refractivity contribution in [1.29, 1.82) is 0 Å². The van der Waals surface area contributed by atoms with E-state index < -0.39 is 5.97 Å². The standard InChI is InChI=1S/C8H5I3O3/c9-8(10,11)14-6-3-1-5(2-4-6)7(12)13/h1-4H,(H,12,13). The summed E-state index contributed by atoms with van der Waals surface area (Å²) in [5, 5.41) is 8.66. The lowest BCUT2D eigenvalue weighted by Gasteiger charge is -2.15. The van der Waals surface area contributed by atoms with Crippen LogP contribution in [0.1, 0.15) is 10.4 Å². The van der Waals surface area contributed by atoms with Gasteiger partial charge in [-0.25, -0.2) is 4.79 Å². The summed E-state index contributed by atoms with van der Waals surface area (Å²) in [5.41, 5.74) is 0.262. The molecule has 0 aromatic heterocycles. The zero-order valence-electron chi connectivity index (χ0n) is 6.71. The van der Waals surface area contributed by atoms with Crippen LogP contribution in [0.3, 0.4) is 0 Å². The Morgan fingerprint density at radius 2 is 1.71 bits per heavy atom. The van der Waals surface area contributed by atoms with Gasteiger partial charge in [-0.3, -0.25) is 0 Å². The van der Waals surface area contributed by atoms with E-state index in [1.165, 1.54) is 12.1 Å². The van der Waals surface area contributed by atoms with Gasteiger partial charge in [0, 0.05) is 0 Å². The largest absolute Gasteiger partial charge is 0.478 e. The van der Waals surface area contributed by atoms with Gasteiger partial charge >= 0.3 is 5.97 Å². The third-order valence-electron chi connectivity index (χ3n) is 1.33. The van der Waals surface area contributed by atoms with Crippen LogP contribution in [-0.4, -0.2) is 10.7 Å². The van der Waals surface area contributed by atoms with E-state index in [9.17, 15) is 4.79 Å². The maximum Gasteiger partial charge on any atom is 0.335 e. The SMILES string of the molecule is O=C(O)c1ccc(OC(I)(I)I)cc1. The molecule has 6 heteroatoms. The monoisotopic (exact) mass is 530 g/mol. The Morgan fingerprint density at radius 1 is 1.21 bits per heavy atom. The van der Waals surface area contributed by atoms with Crippen molar-refractivity contribution in [3.8, 4) is 5.75 Å². The maximum absolute atomic E-state index is 10.6. The van der Waals surface area contributed by atoms with Gasteiger partial charge in [0.05, 0.1) is 5.56 Å². The molecule has 0 saturated carbocycles. The summed E-state index contributed by atoms with van der Waals surface area (Å²) < 4.78 is 5.15. The zero-order chi connectivity index (χ0) is 10.8. The summed E-state index contributed by atoms with van der Waals surface area (Å²) >= 11 is 6.41. The molecule has 1 N–H and O–H groups in total. The molecule has 1 rings (SSSR count). The fourth-order valence-electron chi connectivity index (χ4n) is 0.799. The molecule has 1 aromatic rings. The number of halogens is 3. The summed E-state index contributed by atoms with van der Waals surface area (Å²) in [6, 6.07) is 6.34. The number of benzene rings is 1. The molecule has 76 valence electrons. The average molecular weight is 530 g/mol. The topological polar surface area (TPSA) is 46.5 Å². The molecule has 0 aliphatic carbocycles. The van der Waals surface area contributed by atoms with E-state index in [1.807, 2.05) is 0 Å². The van der Waals surface area contributed by atoms with Crippen molar-refractivity contribution < 1.29 is 14.6 Å². The first kappa shape index (κ1) is 12.7. The van der Waals surface area contributed by atoms with Gasteiger partial charge in [-0.2, -0.15) is 0 Å². The molecular weight excluding hydrogens is 525 g/mol. The predicted octanol–water partition coefficient (Wildman–Crippen LogP) is 3.68. The highest BCUT2D eigenvalue weighted by molar-refractivity contribution is 14.3. The molecule has 0 bridgehead atoms. The van der Waals surface area contributed by atoms with Crippen LogP contribution in [0.15, 0.2) is 24.3 Å². The Kier molecular flexibility index (Phi) is 4.68. The van der Waals surface area contributed by atoms with Crippen LogP contribution < -0.4 is 4.74 Å². The van der Waals surface area contributed by atoms with Crippen molar-refractivity contribution in [2.24, 2.45) is 0 Å². The first-order chi connectivity index (χ1) is 6.38. The Hall–Kier alpha value is 0.680. The quantitative estimate of drug-likeness (QED) is 0.480. The highest BCUT2D eigenvalue weighted by Gasteiger charge is 2.18. The average Bonchev–Trinajstić information content (AvgIpc) is 2.02. The fourth-order valence-corrected chi connectivity index (χ4v) is 1.56. The molecule has 0 aliphatic rings. The molecule has 0 saturated heterocycles. The highest BCUT2D eigenvalue weighted by Crippen LogP contribution is 2.37. The normalized spacial score (nSPS) is 11.1. The second kappa shape index (κ2) is 5.14. The van der Waals surface area contributed by atoms with Crippen molar-refractivity contribution in [1.82, 2.24) is 0 Å². The van der Waals surface area contributed by atoms with E-state index in [0.717, 1.165) is 0 Å². The Bertz CT molecular complexity index is 329. The van der Waals surface area contributed by atoms with Gasteiger partial charge in [-0.05, 0) is 92.0 Å². The number of alkyl halides is 3. The number of hydrogen-bond donors (Lipinski definition) is 1. The van der Waals surface area contributed by atoms with Crippen molar-refractivity contribution in [3.05, 3.63) is 29.8 Å². The summed E-state index contributed by atoms with van der Waals surface area (Å²) in [6.07, 6.45) is 0. The van der Waals surface area contributed by atoms with E-state index in [-0.39, 0.29) is 5.18 Å². The second-order valence-electron chi connectivity index (χ2n) is 2.38. The first-order valence-electron chi connectivity index (χ1n) is 3.47. The van der Waals surface area contributed by atoms with E-state index in [2.05, 4.69) is 67.8 Å². The zero-order valence-corrected chi connectivity index (χ0v) is 13.2. The van der Waals surface area contributed by atoms with Crippen molar-refractivity contribution in [2.45, 2.75) is -0.379 Å². The number of carboxylic acid groups (broad SMARTS) is 1. The molecule has 0 aliphatic heterocycles. The first-order valence-corrected chi connectivity index (χ1v) is 6.71. The number of carbonyl (C=O) groups is 1. The molecular formula is C8H5I3O3. The van der Waals surface area contributed by atoms with E-state index in [1.54, 1.807) is 12.1 Å². The smallest absolute Gasteiger partial charge is 0.335 e. The van der Waals surface area contributed by atoms with Gasteiger partial charge in [0.15, 0.2) is 0 Å². The van der Waals surface area contributed by atoms with Gasteiger partial charge in [0.1, 0.15) is 5.75 Å². The minimum Gasteiger partial charge on any atom is -0.478 e. The fraction of sp³-hybridized carbons (Fsp3) is 0.125. The molecule has 14 heavy (non-hydrogen) atoms. The summed E-state index contributed by atoms with van der Waals surface area (Å²) in [7, 11) is 0. The number of aromatic carboxylic acids is 1.